The zero-order valence-corrected chi connectivity index (χ0v) is 14.1. The van der Waals surface area contributed by atoms with Crippen LogP contribution in [0.5, 0.6) is 0 Å². The lowest BCUT2D eigenvalue weighted by Gasteiger charge is -2.26. The number of nitrogens with zero attached hydrogens (tertiary/aromatic N) is 1. The highest BCUT2D eigenvalue weighted by molar-refractivity contribution is 5.75. The Labute approximate surface area is 137 Å². The van der Waals surface area contributed by atoms with Gasteiger partial charge in [-0.3, -0.25) is 9.69 Å². The molecule has 0 aromatic rings. The first-order chi connectivity index (χ1) is 11.1. The van der Waals surface area contributed by atoms with E-state index in [0.717, 1.165) is 32.8 Å². The van der Waals surface area contributed by atoms with Crippen LogP contribution in [0.1, 0.15) is 13.3 Å². The van der Waals surface area contributed by atoms with Gasteiger partial charge < -0.3 is 29.7 Å². The lowest BCUT2D eigenvalue weighted by Crippen LogP contribution is -2.42. The topological polar surface area (TPSA) is 100 Å². The molecular weight excluding hydrogens is 304 g/mol. The molecule has 1 fully saturated rings. The fourth-order valence-electron chi connectivity index (χ4n) is 2.33. The van der Waals surface area contributed by atoms with Crippen LogP contribution in [-0.2, 0) is 19.0 Å². The van der Waals surface area contributed by atoms with E-state index in [2.05, 4.69) is 10.2 Å². The third kappa shape index (κ3) is 8.05. The zero-order valence-electron chi connectivity index (χ0n) is 14.1. The van der Waals surface area contributed by atoms with E-state index >= 15 is 0 Å². The fraction of sp³-hybridized carbons (Fsp3) is 0.933. The summed E-state index contributed by atoms with van der Waals surface area (Å²) < 4.78 is 15.6. The van der Waals surface area contributed by atoms with Gasteiger partial charge in [0.05, 0.1) is 32.5 Å². The van der Waals surface area contributed by atoms with Crippen LogP contribution in [0.15, 0.2) is 0 Å². The van der Waals surface area contributed by atoms with Crippen LogP contribution >= 0.6 is 0 Å². The Balaban J connectivity index is 2.08. The Morgan fingerprint density at radius 3 is 2.70 bits per heavy atom. The molecule has 8 heteroatoms. The first-order valence-corrected chi connectivity index (χ1v) is 8.08. The van der Waals surface area contributed by atoms with Crippen LogP contribution in [0, 0.1) is 0 Å². The molecule has 1 heterocycles. The molecule has 8 nitrogen and oxygen atoms in total. The van der Waals surface area contributed by atoms with Crippen LogP contribution in [0.3, 0.4) is 0 Å². The van der Waals surface area contributed by atoms with Gasteiger partial charge in [-0.25, -0.2) is 0 Å². The van der Waals surface area contributed by atoms with Crippen molar-refractivity contribution in [3.63, 3.8) is 0 Å². The van der Waals surface area contributed by atoms with Gasteiger partial charge in [0.1, 0.15) is 12.2 Å². The van der Waals surface area contributed by atoms with Crippen molar-refractivity contribution in [2.45, 2.75) is 31.7 Å². The second-order valence-corrected chi connectivity index (χ2v) is 5.58. The molecule has 23 heavy (non-hydrogen) atoms. The highest BCUT2D eigenvalue weighted by atomic mass is 16.5. The molecule has 3 atom stereocenters. The minimum absolute atomic E-state index is 0.0783. The predicted molar refractivity (Wildman–Crippen MR) is 84.2 cm³/mol. The van der Waals surface area contributed by atoms with Gasteiger partial charge >= 0.3 is 0 Å². The molecule has 136 valence electrons. The highest BCUT2D eigenvalue weighted by Gasteiger charge is 2.24. The van der Waals surface area contributed by atoms with E-state index in [9.17, 15) is 9.90 Å². The molecular formula is C15H30N2O6. The Kier molecular flexibility index (Phi) is 10.3. The fourth-order valence-corrected chi connectivity index (χ4v) is 2.33. The summed E-state index contributed by atoms with van der Waals surface area (Å²) in [6, 6.07) is 0. The Morgan fingerprint density at radius 1 is 1.39 bits per heavy atom. The van der Waals surface area contributed by atoms with Crippen molar-refractivity contribution in [3.05, 3.63) is 0 Å². The van der Waals surface area contributed by atoms with E-state index in [1.165, 1.54) is 7.11 Å². The Hall–Kier alpha value is -0.770. The molecule has 2 unspecified atom stereocenters. The summed E-state index contributed by atoms with van der Waals surface area (Å²) in [5.41, 5.74) is 0. The number of aliphatic hydroxyl groups is 2. The maximum absolute atomic E-state index is 11.7. The van der Waals surface area contributed by atoms with Crippen molar-refractivity contribution in [2.75, 3.05) is 59.7 Å². The van der Waals surface area contributed by atoms with Gasteiger partial charge in [0.15, 0.2) is 0 Å². The number of morpholine rings is 1. The molecule has 0 saturated carbocycles. The molecule has 1 saturated heterocycles. The lowest BCUT2D eigenvalue weighted by molar-refractivity contribution is -0.126. The van der Waals surface area contributed by atoms with Crippen LogP contribution < -0.4 is 5.32 Å². The quantitative estimate of drug-likeness (QED) is 0.427. The minimum atomic E-state index is -0.936. The summed E-state index contributed by atoms with van der Waals surface area (Å²) in [5, 5.41) is 21.8. The third-order valence-electron chi connectivity index (χ3n) is 3.91. The molecule has 0 spiro atoms. The van der Waals surface area contributed by atoms with Crippen molar-refractivity contribution in [1.29, 1.82) is 0 Å². The van der Waals surface area contributed by atoms with Crippen molar-refractivity contribution in [1.82, 2.24) is 10.2 Å². The van der Waals surface area contributed by atoms with E-state index in [0.29, 0.717) is 6.54 Å². The van der Waals surface area contributed by atoms with Crippen molar-refractivity contribution in [3.8, 4) is 0 Å². The maximum Gasteiger partial charge on any atom is 0.222 e. The zero-order chi connectivity index (χ0) is 17.1. The molecule has 1 rings (SSSR count). The number of carbonyl (C=O) groups is 1. The SMILES string of the molecule is COC(CO)C(O)[C@@H](C)OCCC(=O)NCCN1CCOCC1. The smallest absolute Gasteiger partial charge is 0.222 e. The Morgan fingerprint density at radius 2 is 2.09 bits per heavy atom. The molecule has 0 radical (unpaired) electrons. The number of rotatable bonds is 11. The molecule has 0 aromatic carbocycles. The average molecular weight is 334 g/mol. The van der Waals surface area contributed by atoms with Crippen LogP contribution in [-0.4, -0.2) is 99.0 Å². The average Bonchev–Trinajstić information content (AvgIpc) is 2.56. The second kappa shape index (κ2) is 11.7. The van der Waals surface area contributed by atoms with Gasteiger partial charge in [0.25, 0.3) is 0 Å². The van der Waals surface area contributed by atoms with E-state index in [1.807, 2.05) is 0 Å². The third-order valence-corrected chi connectivity index (χ3v) is 3.91. The normalized spacial score (nSPS) is 20.0. The summed E-state index contributed by atoms with van der Waals surface area (Å²) in [5.74, 6) is -0.0783. The Bertz CT molecular complexity index is 321. The first-order valence-electron chi connectivity index (χ1n) is 8.08. The summed E-state index contributed by atoms with van der Waals surface area (Å²) in [7, 11) is 1.42. The van der Waals surface area contributed by atoms with Gasteiger partial charge in [-0.15, -0.1) is 0 Å². The van der Waals surface area contributed by atoms with Crippen molar-refractivity contribution >= 4 is 5.91 Å². The van der Waals surface area contributed by atoms with Gasteiger partial charge in [0, 0.05) is 39.7 Å². The van der Waals surface area contributed by atoms with E-state index < -0.39 is 18.3 Å². The predicted octanol–water partition coefficient (Wildman–Crippen LogP) is -1.40. The minimum Gasteiger partial charge on any atom is -0.394 e. The molecule has 0 bridgehead atoms. The molecule has 1 amide bonds. The summed E-state index contributed by atoms with van der Waals surface area (Å²) in [4.78, 5) is 14.0. The van der Waals surface area contributed by atoms with Gasteiger partial charge in [-0.1, -0.05) is 0 Å². The number of carbonyl (C=O) groups excluding carboxylic acids is 1. The molecule has 3 N–H and O–H groups in total. The number of hydrogen-bond donors (Lipinski definition) is 3. The van der Waals surface area contributed by atoms with Crippen LogP contribution in [0.2, 0.25) is 0 Å². The summed E-state index contributed by atoms with van der Waals surface area (Å²) >= 11 is 0. The highest BCUT2D eigenvalue weighted by Crippen LogP contribution is 2.07. The lowest BCUT2D eigenvalue weighted by atomic mass is 10.1. The number of ether oxygens (including phenoxy) is 3. The largest absolute Gasteiger partial charge is 0.394 e. The number of aliphatic hydroxyl groups excluding tert-OH is 2. The van der Waals surface area contributed by atoms with Gasteiger partial charge in [-0.2, -0.15) is 0 Å². The summed E-state index contributed by atoms with van der Waals surface area (Å²) in [6.45, 7) is 6.33. The van der Waals surface area contributed by atoms with E-state index in [-0.39, 0.29) is 25.5 Å². The molecule has 0 aromatic heterocycles. The molecule has 0 aliphatic carbocycles. The van der Waals surface area contributed by atoms with Crippen LogP contribution in [0.25, 0.3) is 0 Å². The molecule has 1 aliphatic rings. The summed E-state index contributed by atoms with van der Waals surface area (Å²) in [6.07, 6.45) is -1.91. The van der Waals surface area contributed by atoms with Crippen molar-refractivity contribution < 1.29 is 29.2 Å². The monoisotopic (exact) mass is 334 g/mol. The number of nitrogens with one attached hydrogen (secondary N) is 1. The standard InChI is InChI=1S/C15H30N2O6/c1-12(15(20)13(11-18)21-2)23-8-3-14(19)16-4-5-17-6-9-22-10-7-17/h12-13,15,18,20H,3-11H2,1-2H3,(H,16,19)/t12-,13?,15?/m1/s1. The van der Waals surface area contributed by atoms with E-state index in [4.69, 9.17) is 19.3 Å². The van der Waals surface area contributed by atoms with Crippen molar-refractivity contribution in [2.24, 2.45) is 0 Å². The van der Waals surface area contributed by atoms with Gasteiger partial charge in [-0.05, 0) is 6.92 Å². The maximum atomic E-state index is 11.7. The van der Waals surface area contributed by atoms with Crippen LogP contribution in [0.4, 0.5) is 0 Å². The molecule has 1 aliphatic heterocycles. The first kappa shape index (κ1) is 20.3. The number of hydrogen-bond acceptors (Lipinski definition) is 7. The second-order valence-electron chi connectivity index (χ2n) is 5.58. The number of methoxy groups -OCH3 is 1. The number of amides is 1. The van der Waals surface area contributed by atoms with E-state index in [1.54, 1.807) is 6.92 Å². The van der Waals surface area contributed by atoms with Gasteiger partial charge in [0.2, 0.25) is 5.91 Å².